The molecule has 1 unspecified atom stereocenters. The van der Waals surface area contributed by atoms with E-state index in [-0.39, 0.29) is 17.3 Å². The monoisotopic (exact) mass is 475 g/mol. The number of nitrogens with zero attached hydrogens (tertiary/aromatic N) is 5. The summed E-state index contributed by atoms with van der Waals surface area (Å²) in [7, 11) is 0. The molecule has 0 bridgehead atoms. The summed E-state index contributed by atoms with van der Waals surface area (Å²) < 4.78 is 17.5. The Bertz CT molecular complexity index is 1110. The van der Waals surface area contributed by atoms with Crippen LogP contribution in [-0.2, 0) is 0 Å². The summed E-state index contributed by atoms with van der Waals surface area (Å²) in [5.74, 6) is -0.342. The predicted molar refractivity (Wildman–Crippen MR) is 116 cm³/mol. The van der Waals surface area contributed by atoms with Crippen LogP contribution in [0.3, 0.4) is 0 Å². The van der Waals surface area contributed by atoms with Crippen molar-refractivity contribution in [2.45, 2.75) is 26.8 Å². The molecule has 1 fully saturated rings. The minimum absolute atomic E-state index is 0.229. The lowest BCUT2D eigenvalue weighted by atomic mass is 9.84. The van der Waals surface area contributed by atoms with Gasteiger partial charge in [-0.1, -0.05) is 26.8 Å². The molecule has 0 spiro atoms. The smallest absolute Gasteiger partial charge is 0.407 e. The Balaban J connectivity index is 1.62. The van der Waals surface area contributed by atoms with Crippen molar-refractivity contribution in [3.63, 3.8) is 0 Å². The summed E-state index contributed by atoms with van der Waals surface area (Å²) >= 11 is 3.39. The van der Waals surface area contributed by atoms with E-state index >= 15 is 4.39 Å². The zero-order valence-corrected chi connectivity index (χ0v) is 18.6. The van der Waals surface area contributed by atoms with Crippen molar-refractivity contribution >= 4 is 33.4 Å². The molecule has 30 heavy (non-hydrogen) atoms. The number of hydrogen-bond acceptors (Lipinski definition) is 4. The number of fused-ring (bicyclic) bond motifs is 1. The molecule has 1 amide bonds. The van der Waals surface area contributed by atoms with Crippen LogP contribution in [0.15, 0.2) is 41.3 Å². The van der Waals surface area contributed by atoms with Gasteiger partial charge in [-0.05, 0) is 39.0 Å². The number of amides is 1. The van der Waals surface area contributed by atoms with Crippen molar-refractivity contribution in [2.24, 2.45) is 5.41 Å². The number of aromatic nitrogens is 3. The van der Waals surface area contributed by atoms with Gasteiger partial charge in [0.2, 0.25) is 0 Å². The molecule has 1 aromatic carbocycles. The van der Waals surface area contributed by atoms with Crippen molar-refractivity contribution in [1.29, 1.82) is 0 Å². The van der Waals surface area contributed by atoms with Gasteiger partial charge >= 0.3 is 6.09 Å². The van der Waals surface area contributed by atoms with Crippen LogP contribution in [0, 0.1) is 11.2 Å². The second-order valence-electron chi connectivity index (χ2n) is 8.57. The Hall–Kier alpha value is -2.68. The second-order valence-corrected chi connectivity index (χ2v) is 9.43. The largest absolute Gasteiger partial charge is 0.465 e. The van der Waals surface area contributed by atoms with E-state index in [1.807, 2.05) is 37.9 Å². The Morgan fingerprint density at radius 3 is 2.67 bits per heavy atom. The van der Waals surface area contributed by atoms with Crippen molar-refractivity contribution in [2.75, 3.05) is 24.5 Å². The van der Waals surface area contributed by atoms with Crippen LogP contribution in [0.5, 0.6) is 0 Å². The first kappa shape index (κ1) is 20.6. The number of carbonyl (C=O) groups is 1. The van der Waals surface area contributed by atoms with Crippen LogP contribution in [0.25, 0.3) is 16.8 Å². The van der Waals surface area contributed by atoms with Gasteiger partial charge < -0.3 is 14.9 Å². The summed E-state index contributed by atoms with van der Waals surface area (Å²) in [4.78, 5) is 19.4. The number of anilines is 1. The number of carboxylic acid groups (broad SMARTS) is 1. The van der Waals surface area contributed by atoms with Gasteiger partial charge in [0.25, 0.3) is 0 Å². The van der Waals surface area contributed by atoms with Crippen molar-refractivity contribution in [3.8, 4) is 11.1 Å². The van der Waals surface area contributed by atoms with Gasteiger partial charge in [-0.2, -0.15) is 5.10 Å². The minimum Gasteiger partial charge on any atom is -0.465 e. The van der Waals surface area contributed by atoms with Gasteiger partial charge in [0.05, 0.1) is 22.4 Å². The van der Waals surface area contributed by atoms with Crippen molar-refractivity contribution < 1.29 is 14.3 Å². The van der Waals surface area contributed by atoms with Crippen LogP contribution in [-0.4, -0.2) is 56.4 Å². The molecule has 158 valence electrons. The van der Waals surface area contributed by atoms with E-state index in [0.717, 1.165) is 10.0 Å². The number of halogens is 2. The van der Waals surface area contributed by atoms with Gasteiger partial charge in [-0.15, -0.1) is 0 Å². The second kappa shape index (κ2) is 7.54. The zero-order valence-electron chi connectivity index (χ0n) is 17.0. The van der Waals surface area contributed by atoms with Gasteiger partial charge in [0.15, 0.2) is 5.65 Å². The molecule has 1 atom stereocenters. The summed E-state index contributed by atoms with van der Waals surface area (Å²) in [6, 6.07) is 4.87. The molecule has 9 heteroatoms. The molecule has 0 radical (unpaired) electrons. The Labute approximate surface area is 182 Å². The third-order valence-electron chi connectivity index (χ3n) is 5.56. The highest BCUT2D eigenvalue weighted by atomic mass is 79.9. The quantitative estimate of drug-likeness (QED) is 0.589. The maximum absolute atomic E-state index is 15.1. The van der Waals surface area contributed by atoms with Crippen LogP contribution in [0.4, 0.5) is 14.9 Å². The average Bonchev–Trinajstić information content (AvgIpc) is 3.07. The molecule has 0 saturated carbocycles. The van der Waals surface area contributed by atoms with Crippen LogP contribution >= 0.6 is 15.9 Å². The Morgan fingerprint density at radius 1 is 1.23 bits per heavy atom. The van der Waals surface area contributed by atoms with Gasteiger partial charge in [-0.3, -0.25) is 0 Å². The number of rotatable bonds is 2. The summed E-state index contributed by atoms with van der Waals surface area (Å²) in [6.07, 6.45) is 4.23. The standard InChI is InChI=1S/C21H23BrFN5O2/c1-21(2,3)18-12-26(6-7-27(18)20(29)30)17-5-4-13(8-16(17)23)14-9-24-19-15(22)10-25-28(19)11-14/h4-5,8-11,18H,6-7,12H2,1-3H3,(H,29,30). The fourth-order valence-electron chi connectivity index (χ4n) is 3.91. The highest BCUT2D eigenvalue weighted by Crippen LogP contribution is 2.32. The number of hydrogen-bond donors (Lipinski definition) is 1. The molecule has 2 aromatic heterocycles. The maximum atomic E-state index is 15.1. The van der Waals surface area contributed by atoms with Crippen LogP contribution in [0.2, 0.25) is 0 Å². The van der Waals surface area contributed by atoms with E-state index in [1.165, 1.54) is 11.0 Å². The summed E-state index contributed by atoms with van der Waals surface area (Å²) in [6.45, 7) is 7.26. The van der Waals surface area contributed by atoms with E-state index in [0.29, 0.717) is 36.5 Å². The minimum atomic E-state index is -0.932. The van der Waals surface area contributed by atoms with Crippen molar-refractivity contribution in [3.05, 3.63) is 47.1 Å². The third-order valence-corrected chi connectivity index (χ3v) is 6.12. The van der Waals surface area contributed by atoms with E-state index in [1.54, 1.807) is 23.0 Å². The molecule has 7 nitrogen and oxygen atoms in total. The summed E-state index contributed by atoms with van der Waals surface area (Å²) in [5.41, 5.74) is 2.38. The van der Waals surface area contributed by atoms with E-state index in [9.17, 15) is 9.90 Å². The van der Waals surface area contributed by atoms with Crippen molar-refractivity contribution in [1.82, 2.24) is 19.5 Å². The molecule has 4 rings (SSSR count). The van der Waals surface area contributed by atoms with Crippen LogP contribution in [0.1, 0.15) is 20.8 Å². The molecule has 1 aliphatic heterocycles. The first-order valence-corrected chi connectivity index (χ1v) is 10.5. The fraction of sp³-hybridized carbons (Fsp3) is 0.381. The SMILES string of the molecule is CC(C)(C)C1CN(c2ccc(-c3cnc4c(Br)cnn4c3)cc2F)CCN1C(=O)O. The van der Waals surface area contributed by atoms with Gasteiger partial charge in [0.1, 0.15) is 5.82 Å². The highest BCUT2D eigenvalue weighted by Gasteiger charge is 2.38. The Kier molecular flexibility index (Phi) is 5.17. The van der Waals surface area contributed by atoms with Gasteiger partial charge in [0, 0.05) is 37.6 Å². The Morgan fingerprint density at radius 2 is 2.00 bits per heavy atom. The fourth-order valence-corrected chi connectivity index (χ4v) is 4.29. The van der Waals surface area contributed by atoms with Gasteiger partial charge in [-0.25, -0.2) is 18.7 Å². The van der Waals surface area contributed by atoms with Crippen LogP contribution < -0.4 is 4.90 Å². The molecular weight excluding hydrogens is 453 g/mol. The summed E-state index contributed by atoms with van der Waals surface area (Å²) in [5, 5.41) is 13.8. The third kappa shape index (κ3) is 3.74. The lowest BCUT2D eigenvalue weighted by molar-refractivity contribution is 0.0747. The molecule has 1 saturated heterocycles. The molecule has 3 aromatic rings. The molecule has 1 aliphatic rings. The normalized spacial score (nSPS) is 17.6. The van der Waals surface area contributed by atoms with E-state index in [2.05, 4.69) is 26.0 Å². The molecule has 0 aliphatic carbocycles. The lowest BCUT2D eigenvalue weighted by Crippen LogP contribution is -2.59. The lowest BCUT2D eigenvalue weighted by Gasteiger charge is -2.46. The first-order chi connectivity index (χ1) is 14.1. The molecule has 1 N–H and O–H groups in total. The first-order valence-electron chi connectivity index (χ1n) is 9.68. The zero-order chi connectivity index (χ0) is 21.6. The molecule has 3 heterocycles. The maximum Gasteiger partial charge on any atom is 0.407 e. The topological polar surface area (TPSA) is 74.0 Å². The van der Waals surface area contributed by atoms with E-state index in [4.69, 9.17) is 0 Å². The predicted octanol–water partition coefficient (Wildman–Crippen LogP) is 4.51. The van der Waals surface area contributed by atoms with E-state index < -0.39 is 6.09 Å². The highest BCUT2D eigenvalue weighted by molar-refractivity contribution is 9.10. The molecular formula is C21H23BrFN5O2. The number of benzene rings is 1. The average molecular weight is 476 g/mol. The number of piperazine rings is 1.